The van der Waals surface area contributed by atoms with Crippen LogP contribution < -0.4 is 0 Å². The molecule has 4 heteroatoms. The largest absolute Gasteiger partial charge is 0.274 e. The summed E-state index contributed by atoms with van der Waals surface area (Å²) in [5.41, 5.74) is 2.59. The van der Waals surface area contributed by atoms with Crippen LogP contribution in [0.4, 0.5) is 0 Å². The average Bonchev–Trinajstić information content (AvgIpc) is 2.83. The van der Waals surface area contributed by atoms with Crippen molar-refractivity contribution in [2.45, 2.75) is 59.3 Å². The van der Waals surface area contributed by atoms with Gasteiger partial charge in [-0.2, -0.15) is 0 Å². The molecular formula is C21H29NO2S. The quantitative estimate of drug-likeness (QED) is 0.426. The van der Waals surface area contributed by atoms with E-state index in [1.807, 2.05) is 38.1 Å². The second-order valence-corrected chi connectivity index (χ2v) is 7.81. The predicted molar refractivity (Wildman–Crippen MR) is 106 cm³/mol. The number of unbranched alkanes of at least 4 members (excludes halogenated alkanes) is 5. The number of carbonyl (C=O) groups is 2. The molecule has 136 valence electrons. The van der Waals surface area contributed by atoms with Gasteiger partial charge in [-0.05, 0) is 24.7 Å². The predicted octanol–water partition coefficient (Wildman–Crippen LogP) is 5.19. The minimum atomic E-state index is -0.127. The Morgan fingerprint density at radius 2 is 1.52 bits per heavy atom. The minimum absolute atomic E-state index is 0.110. The van der Waals surface area contributed by atoms with Crippen molar-refractivity contribution in [3.05, 3.63) is 40.3 Å². The summed E-state index contributed by atoms with van der Waals surface area (Å²) in [6.07, 6.45) is 6.88. The van der Waals surface area contributed by atoms with Crippen LogP contribution in [0.1, 0.15) is 63.5 Å². The molecule has 0 spiro atoms. The van der Waals surface area contributed by atoms with Crippen LogP contribution in [0.3, 0.4) is 0 Å². The first kappa shape index (κ1) is 19.8. The highest BCUT2D eigenvalue weighted by Gasteiger charge is 2.38. The number of amides is 2. The number of carbonyl (C=O) groups excluding carboxylic acids is 2. The van der Waals surface area contributed by atoms with E-state index in [0.29, 0.717) is 17.0 Å². The van der Waals surface area contributed by atoms with Gasteiger partial charge in [0.1, 0.15) is 0 Å². The lowest BCUT2D eigenvalue weighted by Crippen LogP contribution is -2.32. The van der Waals surface area contributed by atoms with Gasteiger partial charge in [0.05, 0.1) is 10.5 Å². The van der Waals surface area contributed by atoms with Gasteiger partial charge in [-0.15, -0.1) is 11.8 Å². The van der Waals surface area contributed by atoms with Gasteiger partial charge in [0.15, 0.2) is 0 Å². The van der Waals surface area contributed by atoms with Crippen LogP contribution in [0, 0.1) is 6.92 Å². The number of hydrogen-bond donors (Lipinski definition) is 0. The Hall–Kier alpha value is -1.55. The highest BCUT2D eigenvalue weighted by atomic mass is 32.2. The first-order chi connectivity index (χ1) is 12.1. The van der Waals surface area contributed by atoms with Crippen LogP contribution in [0.15, 0.2) is 29.2 Å². The van der Waals surface area contributed by atoms with Crippen LogP contribution in [-0.4, -0.2) is 29.0 Å². The van der Waals surface area contributed by atoms with Gasteiger partial charge >= 0.3 is 0 Å². The number of nitrogens with zero attached hydrogens (tertiary/aromatic N) is 1. The topological polar surface area (TPSA) is 37.4 Å². The third kappa shape index (κ3) is 4.97. The van der Waals surface area contributed by atoms with Gasteiger partial charge in [-0.3, -0.25) is 14.5 Å². The molecule has 1 aliphatic rings. The monoisotopic (exact) mass is 359 g/mol. The third-order valence-corrected chi connectivity index (χ3v) is 5.45. The molecule has 0 fully saturated rings. The van der Waals surface area contributed by atoms with Gasteiger partial charge in [0.25, 0.3) is 11.8 Å². The molecule has 0 aromatic heterocycles. The van der Waals surface area contributed by atoms with Crippen molar-refractivity contribution in [3.63, 3.8) is 0 Å². The van der Waals surface area contributed by atoms with E-state index in [4.69, 9.17) is 0 Å². The molecule has 25 heavy (non-hydrogen) atoms. The van der Waals surface area contributed by atoms with Gasteiger partial charge in [-0.1, -0.05) is 75.8 Å². The molecule has 0 radical (unpaired) electrons. The van der Waals surface area contributed by atoms with Crippen LogP contribution in [0.5, 0.6) is 0 Å². The Bertz CT molecular complexity index is 634. The van der Waals surface area contributed by atoms with E-state index in [1.54, 1.807) is 0 Å². The molecule has 0 N–H and O–H groups in total. The summed E-state index contributed by atoms with van der Waals surface area (Å²) < 4.78 is 0. The Kier molecular flexibility index (Phi) is 7.76. The Balaban J connectivity index is 2.08. The second-order valence-electron chi connectivity index (χ2n) is 6.53. The minimum Gasteiger partial charge on any atom is -0.274 e. The summed E-state index contributed by atoms with van der Waals surface area (Å²) >= 11 is 1.48. The Morgan fingerprint density at radius 1 is 0.880 bits per heavy atom. The maximum Gasteiger partial charge on any atom is 0.267 e. The Labute approximate surface area is 155 Å². The van der Waals surface area contributed by atoms with E-state index in [2.05, 4.69) is 6.92 Å². The van der Waals surface area contributed by atoms with Crippen molar-refractivity contribution in [3.8, 4) is 0 Å². The molecule has 2 rings (SSSR count). The summed E-state index contributed by atoms with van der Waals surface area (Å²) in [5.74, 6) is 0.550. The maximum atomic E-state index is 12.9. The standard InChI is InChI=1S/C21H29NO2S/c1-4-6-7-8-9-10-15-22-20(23)18(19(21(22)24)25-5-2)17-13-11-16(3)12-14-17/h11-14H,4-10,15H2,1-3H3. The van der Waals surface area contributed by atoms with Crippen molar-refractivity contribution >= 4 is 29.1 Å². The van der Waals surface area contributed by atoms with E-state index in [-0.39, 0.29) is 11.8 Å². The number of thioether (sulfide) groups is 1. The second kappa shape index (κ2) is 9.81. The zero-order valence-electron chi connectivity index (χ0n) is 15.6. The first-order valence-electron chi connectivity index (χ1n) is 9.40. The summed E-state index contributed by atoms with van der Waals surface area (Å²) in [7, 11) is 0. The van der Waals surface area contributed by atoms with E-state index >= 15 is 0 Å². The number of imide groups is 1. The fourth-order valence-electron chi connectivity index (χ4n) is 3.06. The molecule has 1 aliphatic heterocycles. The number of aryl methyl sites for hydroxylation is 1. The average molecular weight is 360 g/mol. The van der Waals surface area contributed by atoms with Gasteiger partial charge in [0, 0.05) is 6.54 Å². The molecule has 3 nitrogen and oxygen atoms in total. The van der Waals surface area contributed by atoms with Crippen LogP contribution >= 0.6 is 11.8 Å². The molecule has 0 saturated carbocycles. The normalized spacial score (nSPS) is 14.8. The lowest BCUT2D eigenvalue weighted by molar-refractivity contribution is -0.136. The van der Waals surface area contributed by atoms with Crippen molar-refractivity contribution < 1.29 is 9.59 Å². The van der Waals surface area contributed by atoms with Crippen LogP contribution in [0.2, 0.25) is 0 Å². The fourth-order valence-corrected chi connectivity index (χ4v) is 3.93. The fraction of sp³-hybridized carbons (Fsp3) is 0.524. The van der Waals surface area contributed by atoms with E-state index in [0.717, 1.165) is 29.7 Å². The molecule has 0 saturated heterocycles. The van der Waals surface area contributed by atoms with Gasteiger partial charge in [0.2, 0.25) is 0 Å². The number of hydrogen-bond acceptors (Lipinski definition) is 3. The highest BCUT2D eigenvalue weighted by molar-refractivity contribution is 8.04. The molecule has 0 aliphatic carbocycles. The molecule has 1 heterocycles. The SMILES string of the molecule is CCCCCCCCN1C(=O)C(SCC)=C(c2ccc(C)cc2)C1=O. The molecular weight excluding hydrogens is 330 g/mol. The van der Waals surface area contributed by atoms with Crippen molar-refractivity contribution in [1.29, 1.82) is 0 Å². The lowest BCUT2D eigenvalue weighted by atomic mass is 10.0. The number of rotatable bonds is 10. The first-order valence-corrected chi connectivity index (χ1v) is 10.4. The van der Waals surface area contributed by atoms with Crippen molar-refractivity contribution in [2.75, 3.05) is 12.3 Å². The zero-order valence-corrected chi connectivity index (χ0v) is 16.5. The zero-order chi connectivity index (χ0) is 18.2. The van der Waals surface area contributed by atoms with Crippen LogP contribution in [0.25, 0.3) is 5.57 Å². The Morgan fingerprint density at radius 3 is 2.16 bits per heavy atom. The maximum absolute atomic E-state index is 12.9. The van der Waals surface area contributed by atoms with Crippen LogP contribution in [-0.2, 0) is 9.59 Å². The lowest BCUT2D eigenvalue weighted by Gasteiger charge is -2.15. The van der Waals surface area contributed by atoms with Gasteiger partial charge < -0.3 is 0 Å². The molecule has 1 aromatic rings. The van der Waals surface area contributed by atoms with Crippen molar-refractivity contribution in [2.24, 2.45) is 0 Å². The third-order valence-electron chi connectivity index (χ3n) is 4.49. The van der Waals surface area contributed by atoms with E-state index in [9.17, 15) is 9.59 Å². The molecule has 1 aromatic carbocycles. The van der Waals surface area contributed by atoms with E-state index in [1.165, 1.54) is 42.3 Å². The number of benzene rings is 1. The smallest absolute Gasteiger partial charge is 0.267 e. The highest BCUT2D eigenvalue weighted by Crippen LogP contribution is 2.36. The molecule has 0 atom stereocenters. The summed E-state index contributed by atoms with van der Waals surface area (Å²) in [6, 6.07) is 7.87. The van der Waals surface area contributed by atoms with Crippen molar-refractivity contribution in [1.82, 2.24) is 4.90 Å². The molecule has 0 bridgehead atoms. The summed E-state index contributed by atoms with van der Waals surface area (Å²) in [5, 5.41) is 0. The molecule has 0 unspecified atom stereocenters. The van der Waals surface area contributed by atoms with Gasteiger partial charge in [-0.25, -0.2) is 0 Å². The summed E-state index contributed by atoms with van der Waals surface area (Å²) in [6.45, 7) is 6.77. The summed E-state index contributed by atoms with van der Waals surface area (Å²) in [4.78, 5) is 27.7. The van der Waals surface area contributed by atoms with E-state index < -0.39 is 0 Å². The molecule has 2 amide bonds.